The molecule has 5 nitrogen and oxygen atoms in total. The number of likely N-dealkylation sites (tertiary alicyclic amines) is 1. The lowest BCUT2D eigenvalue weighted by atomic mass is 10.1. The van der Waals surface area contributed by atoms with Gasteiger partial charge in [-0.2, -0.15) is 0 Å². The Labute approximate surface area is 122 Å². The summed E-state index contributed by atoms with van der Waals surface area (Å²) in [6.07, 6.45) is 2.65. The molecule has 0 spiro atoms. The molecule has 1 unspecified atom stereocenters. The summed E-state index contributed by atoms with van der Waals surface area (Å²) in [6, 6.07) is 4.81. The summed E-state index contributed by atoms with van der Waals surface area (Å²) in [7, 11) is 0. The van der Waals surface area contributed by atoms with E-state index in [-0.39, 0.29) is 17.5 Å². The van der Waals surface area contributed by atoms with Gasteiger partial charge in [0.05, 0.1) is 9.95 Å². The summed E-state index contributed by atoms with van der Waals surface area (Å²) in [5.74, 6) is 0.191. The van der Waals surface area contributed by atoms with E-state index in [1.165, 1.54) is 12.1 Å². The zero-order chi connectivity index (χ0) is 14.7. The summed E-state index contributed by atoms with van der Waals surface area (Å²) in [5, 5.41) is 11.1. The van der Waals surface area contributed by atoms with E-state index in [9.17, 15) is 14.9 Å². The number of nitro groups is 1. The lowest BCUT2D eigenvalue weighted by molar-refractivity contribution is -0.384. The van der Waals surface area contributed by atoms with Crippen LogP contribution in [0.4, 0.5) is 5.69 Å². The highest BCUT2D eigenvalue weighted by Gasteiger charge is 2.26. The minimum atomic E-state index is -0.454. The van der Waals surface area contributed by atoms with Crippen LogP contribution < -0.4 is 0 Å². The standard InChI is InChI=1S/C14H17ClN2O3/c1-10(18)7-12-3-2-6-16(12)9-11-4-5-13(17(19)20)8-14(11)15/h4-5,8,12H,2-3,6-7,9H2,1H3. The first-order chi connectivity index (χ1) is 9.47. The first-order valence-electron chi connectivity index (χ1n) is 6.63. The number of halogens is 1. The smallest absolute Gasteiger partial charge is 0.270 e. The van der Waals surface area contributed by atoms with Crippen molar-refractivity contribution in [3.05, 3.63) is 38.9 Å². The van der Waals surface area contributed by atoms with Crippen molar-refractivity contribution in [2.24, 2.45) is 0 Å². The second-order valence-corrected chi connectivity index (χ2v) is 5.61. The van der Waals surface area contributed by atoms with E-state index in [0.717, 1.165) is 24.9 Å². The molecule has 1 aromatic carbocycles. The molecule has 20 heavy (non-hydrogen) atoms. The number of Topliss-reactive ketones (excluding diaryl/α,β-unsaturated/α-hetero) is 1. The molecule has 1 saturated heterocycles. The number of nitro benzene ring substituents is 1. The molecular formula is C14H17ClN2O3. The average molecular weight is 297 g/mol. The molecule has 0 radical (unpaired) electrons. The Bertz CT molecular complexity index is 533. The van der Waals surface area contributed by atoms with Crippen molar-refractivity contribution in [2.75, 3.05) is 6.54 Å². The molecular weight excluding hydrogens is 280 g/mol. The molecule has 1 heterocycles. The third-order valence-corrected chi connectivity index (χ3v) is 3.99. The summed E-state index contributed by atoms with van der Waals surface area (Å²) < 4.78 is 0. The molecule has 1 fully saturated rings. The number of ketones is 1. The molecule has 1 atom stereocenters. The van der Waals surface area contributed by atoms with Gasteiger partial charge in [0.2, 0.25) is 0 Å². The van der Waals surface area contributed by atoms with Gasteiger partial charge in [-0.3, -0.25) is 19.8 Å². The maximum atomic E-state index is 11.3. The molecule has 0 bridgehead atoms. The molecule has 108 valence electrons. The lowest BCUT2D eigenvalue weighted by Crippen LogP contribution is -2.30. The minimum Gasteiger partial charge on any atom is -0.300 e. The van der Waals surface area contributed by atoms with E-state index in [2.05, 4.69) is 4.90 Å². The lowest BCUT2D eigenvalue weighted by Gasteiger charge is -2.24. The van der Waals surface area contributed by atoms with Crippen LogP contribution in [-0.4, -0.2) is 28.2 Å². The third-order valence-electron chi connectivity index (χ3n) is 3.64. The Morgan fingerprint density at radius 1 is 1.55 bits per heavy atom. The van der Waals surface area contributed by atoms with Crippen LogP contribution in [0.3, 0.4) is 0 Å². The van der Waals surface area contributed by atoms with Crippen LogP contribution in [0.15, 0.2) is 18.2 Å². The van der Waals surface area contributed by atoms with E-state index in [1.807, 2.05) is 0 Å². The number of rotatable bonds is 5. The Morgan fingerprint density at radius 2 is 2.30 bits per heavy atom. The van der Waals surface area contributed by atoms with Gasteiger partial charge in [0.25, 0.3) is 5.69 Å². The maximum absolute atomic E-state index is 11.3. The first kappa shape index (κ1) is 14.9. The Balaban J connectivity index is 2.09. The Morgan fingerprint density at radius 3 is 2.90 bits per heavy atom. The van der Waals surface area contributed by atoms with Crippen LogP contribution >= 0.6 is 11.6 Å². The fraction of sp³-hybridized carbons (Fsp3) is 0.500. The molecule has 2 rings (SSSR count). The average Bonchev–Trinajstić information content (AvgIpc) is 2.78. The monoisotopic (exact) mass is 296 g/mol. The largest absolute Gasteiger partial charge is 0.300 e. The third kappa shape index (κ3) is 3.55. The molecule has 1 aliphatic rings. The zero-order valence-corrected chi connectivity index (χ0v) is 12.1. The number of nitrogens with zero attached hydrogens (tertiary/aromatic N) is 2. The van der Waals surface area contributed by atoms with E-state index in [0.29, 0.717) is 18.0 Å². The van der Waals surface area contributed by atoms with E-state index >= 15 is 0 Å². The second kappa shape index (κ2) is 6.33. The molecule has 0 amide bonds. The number of benzene rings is 1. The van der Waals surface area contributed by atoms with Crippen LogP contribution in [0, 0.1) is 10.1 Å². The van der Waals surface area contributed by atoms with Gasteiger partial charge in [-0.05, 0) is 37.9 Å². The summed E-state index contributed by atoms with van der Waals surface area (Å²) in [4.78, 5) is 23.7. The number of non-ortho nitro benzene ring substituents is 1. The van der Waals surface area contributed by atoms with E-state index in [4.69, 9.17) is 11.6 Å². The topological polar surface area (TPSA) is 63.5 Å². The molecule has 1 aromatic rings. The molecule has 0 aliphatic carbocycles. The van der Waals surface area contributed by atoms with Gasteiger partial charge < -0.3 is 0 Å². The predicted octanol–water partition coefficient (Wildman–Crippen LogP) is 3.19. The van der Waals surface area contributed by atoms with Gasteiger partial charge in [-0.25, -0.2) is 0 Å². The minimum absolute atomic E-state index is 0.000424. The highest BCUT2D eigenvalue weighted by atomic mass is 35.5. The van der Waals surface area contributed by atoms with Gasteiger partial charge in [-0.1, -0.05) is 11.6 Å². The normalized spacial score (nSPS) is 19.2. The van der Waals surface area contributed by atoms with Crippen LogP contribution in [-0.2, 0) is 11.3 Å². The maximum Gasteiger partial charge on any atom is 0.270 e. The first-order valence-corrected chi connectivity index (χ1v) is 7.01. The fourth-order valence-electron chi connectivity index (χ4n) is 2.66. The fourth-order valence-corrected chi connectivity index (χ4v) is 2.90. The number of hydrogen-bond donors (Lipinski definition) is 0. The van der Waals surface area contributed by atoms with Gasteiger partial charge in [0, 0.05) is 31.1 Å². The van der Waals surface area contributed by atoms with Gasteiger partial charge in [-0.15, -0.1) is 0 Å². The van der Waals surface area contributed by atoms with Gasteiger partial charge in [0.1, 0.15) is 5.78 Å². The van der Waals surface area contributed by atoms with Crippen LogP contribution in [0.1, 0.15) is 31.7 Å². The summed E-state index contributed by atoms with van der Waals surface area (Å²) >= 11 is 6.11. The highest BCUT2D eigenvalue weighted by Crippen LogP contribution is 2.27. The summed E-state index contributed by atoms with van der Waals surface area (Å²) in [6.45, 7) is 3.18. The van der Waals surface area contributed by atoms with Crippen molar-refractivity contribution >= 4 is 23.1 Å². The van der Waals surface area contributed by atoms with E-state index in [1.54, 1.807) is 13.0 Å². The SMILES string of the molecule is CC(=O)CC1CCCN1Cc1ccc([N+](=O)[O-])cc1Cl. The van der Waals surface area contributed by atoms with E-state index < -0.39 is 4.92 Å². The number of hydrogen-bond acceptors (Lipinski definition) is 4. The Kier molecular flexibility index (Phi) is 4.73. The van der Waals surface area contributed by atoms with Gasteiger partial charge in [0.15, 0.2) is 0 Å². The quantitative estimate of drug-likeness (QED) is 0.618. The molecule has 0 aromatic heterocycles. The molecule has 1 aliphatic heterocycles. The molecule has 6 heteroatoms. The van der Waals surface area contributed by atoms with Crippen molar-refractivity contribution in [2.45, 2.75) is 38.8 Å². The number of carbonyl (C=O) groups excluding carboxylic acids is 1. The van der Waals surface area contributed by atoms with Crippen molar-refractivity contribution in [3.8, 4) is 0 Å². The zero-order valence-electron chi connectivity index (χ0n) is 11.3. The molecule has 0 saturated carbocycles. The van der Waals surface area contributed by atoms with Crippen LogP contribution in [0.2, 0.25) is 5.02 Å². The van der Waals surface area contributed by atoms with Crippen molar-refractivity contribution < 1.29 is 9.72 Å². The van der Waals surface area contributed by atoms with Crippen molar-refractivity contribution in [1.82, 2.24) is 4.90 Å². The van der Waals surface area contributed by atoms with Crippen LogP contribution in [0.25, 0.3) is 0 Å². The second-order valence-electron chi connectivity index (χ2n) is 5.21. The summed E-state index contributed by atoms with van der Waals surface area (Å²) in [5.41, 5.74) is 0.869. The van der Waals surface area contributed by atoms with Crippen molar-refractivity contribution in [1.29, 1.82) is 0 Å². The predicted molar refractivity (Wildman–Crippen MR) is 76.8 cm³/mol. The highest BCUT2D eigenvalue weighted by molar-refractivity contribution is 6.31. The van der Waals surface area contributed by atoms with Gasteiger partial charge >= 0.3 is 0 Å². The Hall–Kier alpha value is -1.46. The van der Waals surface area contributed by atoms with Crippen molar-refractivity contribution in [3.63, 3.8) is 0 Å². The molecule has 0 N–H and O–H groups in total. The van der Waals surface area contributed by atoms with Crippen LogP contribution in [0.5, 0.6) is 0 Å². The number of carbonyl (C=O) groups is 1.